The summed E-state index contributed by atoms with van der Waals surface area (Å²) < 4.78 is 0. The van der Waals surface area contributed by atoms with Gasteiger partial charge in [0.2, 0.25) is 0 Å². The second-order valence-corrected chi connectivity index (χ2v) is 4.80. The van der Waals surface area contributed by atoms with Crippen molar-refractivity contribution >= 4 is 16.8 Å². The maximum atomic E-state index is 11.3. The van der Waals surface area contributed by atoms with Gasteiger partial charge in [-0.2, -0.15) is 0 Å². The lowest BCUT2D eigenvalue weighted by Gasteiger charge is -2.06. The molecule has 3 heteroatoms. The fourth-order valence-electron chi connectivity index (χ4n) is 2.10. The maximum Gasteiger partial charge on any atom is 0.271 e. The van der Waals surface area contributed by atoms with Gasteiger partial charge in [-0.15, -0.1) is 0 Å². The van der Waals surface area contributed by atoms with Gasteiger partial charge in [0.1, 0.15) is 5.69 Å². The molecule has 1 aromatic carbocycles. The molecule has 0 unspecified atom stereocenters. The van der Waals surface area contributed by atoms with E-state index in [0.717, 1.165) is 24.8 Å². The van der Waals surface area contributed by atoms with Gasteiger partial charge in [-0.25, -0.2) is 0 Å². The molecule has 0 bridgehead atoms. The third-order valence-electron chi connectivity index (χ3n) is 3.16. The van der Waals surface area contributed by atoms with E-state index in [1.807, 2.05) is 12.1 Å². The summed E-state index contributed by atoms with van der Waals surface area (Å²) >= 11 is 5.54. The van der Waals surface area contributed by atoms with Gasteiger partial charge in [-0.05, 0) is 53.6 Å². The van der Waals surface area contributed by atoms with Gasteiger partial charge in [0.05, 0.1) is 0 Å². The van der Waals surface area contributed by atoms with Gasteiger partial charge >= 0.3 is 0 Å². The van der Waals surface area contributed by atoms with Crippen LogP contribution in [0, 0.1) is 0 Å². The van der Waals surface area contributed by atoms with Crippen molar-refractivity contribution in [3.8, 4) is 0 Å². The summed E-state index contributed by atoms with van der Waals surface area (Å²) in [4.78, 5) is 15.3. The number of aryl methyl sites for hydroxylation is 3. The number of benzene rings is 1. The topological polar surface area (TPSA) is 30.0 Å². The van der Waals surface area contributed by atoms with E-state index in [9.17, 15) is 4.79 Å². The lowest BCUT2D eigenvalue weighted by Crippen LogP contribution is -2.02. The van der Waals surface area contributed by atoms with Crippen LogP contribution in [0.15, 0.2) is 42.6 Å². The van der Waals surface area contributed by atoms with E-state index in [1.165, 1.54) is 11.1 Å². The van der Waals surface area contributed by atoms with Gasteiger partial charge < -0.3 is 0 Å². The normalized spacial score (nSPS) is 10.4. The van der Waals surface area contributed by atoms with E-state index >= 15 is 0 Å². The maximum absolute atomic E-state index is 11.3. The van der Waals surface area contributed by atoms with Crippen LogP contribution in [0.1, 0.15) is 34.1 Å². The number of rotatable bonds is 5. The Hall–Kier alpha value is -1.67. The number of carbonyl (C=O) groups excluding carboxylic acids is 1. The van der Waals surface area contributed by atoms with Crippen LogP contribution >= 0.6 is 11.6 Å². The Labute approximate surface area is 118 Å². The van der Waals surface area contributed by atoms with Crippen LogP contribution in [0.5, 0.6) is 0 Å². The molecule has 0 saturated heterocycles. The molecule has 19 heavy (non-hydrogen) atoms. The third kappa shape index (κ3) is 3.65. The Morgan fingerprint density at radius 1 is 1.16 bits per heavy atom. The first kappa shape index (κ1) is 13.8. The minimum Gasteiger partial charge on any atom is -0.274 e. The molecule has 0 spiro atoms. The number of hydrogen-bond acceptors (Lipinski definition) is 2. The molecule has 0 aliphatic carbocycles. The van der Waals surface area contributed by atoms with Crippen molar-refractivity contribution in [1.82, 2.24) is 4.98 Å². The Morgan fingerprint density at radius 3 is 2.68 bits per heavy atom. The van der Waals surface area contributed by atoms with Gasteiger partial charge in [0.25, 0.3) is 5.24 Å². The molecule has 0 amide bonds. The molecule has 98 valence electrons. The summed E-state index contributed by atoms with van der Waals surface area (Å²) in [5, 5.41) is -0.488. The third-order valence-corrected chi connectivity index (χ3v) is 3.34. The molecule has 0 radical (unpaired) electrons. The first-order valence-electron chi connectivity index (χ1n) is 6.42. The summed E-state index contributed by atoms with van der Waals surface area (Å²) in [7, 11) is 0. The summed E-state index contributed by atoms with van der Waals surface area (Å²) in [5.74, 6) is 0. The molecule has 1 aromatic heterocycles. The van der Waals surface area contributed by atoms with Gasteiger partial charge in [-0.1, -0.05) is 37.3 Å². The van der Waals surface area contributed by atoms with Gasteiger partial charge in [0, 0.05) is 6.20 Å². The quantitative estimate of drug-likeness (QED) is 0.776. The lowest BCUT2D eigenvalue weighted by atomic mass is 10.0. The minimum absolute atomic E-state index is 0.371. The molecular weight excluding hydrogens is 258 g/mol. The smallest absolute Gasteiger partial charge is 0.271 e. The van der Waals surface area contributed by atoms with Crippen molar-refractivity contribution in [3.63, 3.8) is 0 Å². The van der Waals surface area contributed by atoms with E-state index in [-0.39, 0.29) is 0 Å². The average molecular weight is 274 g/mol. The highest BCUT2D eigenvalue weighted by Gasteiger charge is 2.09. The highest BCUT2D eigenvalue weighted by molar-refractivity contribution is 6.67. The number of carbonyl (C=O) groups is 1. The molecule has 0 aliphatic heterocycles. The van der Waals surface area contributed by atoms with E-state index in [0.29, 0.717) is 5.69 Å². The van der Waals surface area contributed by atoms with Crippen LogP contribution in [0.3, 0.4) is 0 Å². The first-order valence-corrected chi connectivity index (χ1v) is 6.80. The van der Waals surface area contributed by atoms with Crippen molar-refractivity contribution in [1.29, 1.82) is 0 Å². The van der Waals surface area contributed by atoms with Crippen LogP contribution in [0.4, 0.5) is 0 Å². The second-order valence-electron chi connectivity index (χ2n) is 4.46. The Bertz CT molecular complexity index is 580. The molecule has 2 aromatic rings. The zero-order valence-corrected chi connectivity index (χ0v) is 11.7. The van der Waals surface area contributed by atoms with E-state index in [2.05, 4.69) is 36.2 Å². The van der Waals surface area contributed by atoms with Crippen LogP contribution in [0.25, 0.3) is 0 Å². The van der Waals surface area contributed by atoms with Crippen LogP contribution in [0.2, 0.25) is 0 Å². The van der Waals surface area contributed by atoms with Gasteiger partial charge in [0.15, 0.2) is 0 Å². The van der Waals surface area contributed by atoms with E-state index in [1.54, 1.807) is 6.20 Å². The zero-order valence-electron chi connectivity index (χ0n) is 10.9. The van der Waals surface area contributed by atoms with E-state index < -0.39 is 5.24 Å². The van der Waals surface area contributed by atoms with Crippen molar-refractivity contribution in [3.05, 3.63) is 65.0 Å². The molecule has 0 saturated carbocycles. The molecule has 2 nitrogen and oxygen atoms in total. The zero-order chi connectivity index (χ0) is 13.7. The Morgan fingerprint density at radius 2 is 1.95 bits per heavy atom. The monoisotopic (exact) mass is 273 g/mol. The highest BCUT2D eigenvalue weighted by Crippen LogP contribution is 2.13. The standard InChI is InChI=1S/C16H16ClNO/c1-2-12-5-3-6-13(11-12)8-9-14-7-4-10-18-15(14)16(17)19/h3-7,10-11H,2,8-9H2,1H3. The molecule has 1 heterocycles. The van der Waals surface area contributed by atoms with E-state index in [4.69, 9.17) is 11.6 Å². The fourth-order valence-corrected chi connectivity index (χ4v) is 2.27. The molecule has 0 atom stereocenters. The summed E-state index contributed by atoms with van der Waals surface area (Å²) in [6, 6.07) is 12.3. The van der Waals surface area contributed by atoms with Crippen molar-refractivity contribution < 1.29 is 4.79 Å². The number of halogens is 1. The summed E-state index contributed by atoms with van der Waals surface area (Å²) in [5.41, 5.74) is 3.88. The lowest BCUT2D eigenvalue weighted by molar-refractivity contribution is 0.107. The second kappa shape index (κ2) is 6.48. The van der Waals surface area contributed by atoms with Crippen LogP contribution in [-0.2, 0) is 19.3 Å². The predicted octanol–water partition coefficient (Wildman–Crippen LogP) is 3.81. The van der Waals surface area contributed by atoms with Crippen molar-refractivity contribution in [2.75, 3.05) is 0 Å². The predicted molar refractivity (Wildman–Crippen MR) is 77.6 cm³/mol. The summed E-state index contributed by atoms with van der Waals surface area (Å²) in [6.07, 6.45) is 4.29. The highest BCUT2D eigenvalue weighted by atomic mass is 35.5. The van der Waals surface area contributed by atoms with Crippen LogP contribution < -0.4 is 0 Å². The van der Waals surface area contributed by atoms with Crippen molar-refractivity contribution in [2.45, 2.75) is 26.2 Å². The molecule has 0 fully saturated rings. The number of hydrogen-bond donors (Lipinski definition) is 0. The number of aromatic nitrogens is 1. The number of nitrogens with zero attached hydrogens (tertiary/aromatic N) is 1. The Kier molecular flexibility index (Phi) is 4.69. The molecule has 0 aliphatic rings. The molecular formula is C16H16ClNO. The first-order chi connectivity index (χ1) is 9.20. The average Bonchev–Trinajstić information content (AvgIpc) is 2.45. The number of pyridine rings is 1. The Balaban J connectivity index is 2.12. The van der Waals surface area contributed by atoms with Crippen molar-refractivity contribution in [2.24, 2.45) is 0 Å². The summed E-state index contributed by atoms with van der Waals surface area (Å²) in [6.45, 7) is 2.14. The van der Waals surface area contributed by atoms with Crippen LogP contribution in [-0.4, -0.2) is 10.2 Å². The largest absolute Gasteiger partial charge is 0.274 e. The fraction of sp³-hybridized carbons (Fsp3) is 0.250. The minimum atomic E-state index is -0.488. The SMILES string of the molecule is CCc1cccc(CCc2cccnc2C(=O)Cl)c1. The molecule has 2 rings (SSSR count). The van der Waals surface area contributed by atoms with Gasteiger partial charge in [-0.3, -0.25) is 9.78 Å². The molecule has 0 N–H and O–H groups in total.